The minimum Gasteiger partial charge on any atom is -0.508 e. The van der Waals surface area contributed by atoms with Crippen molar-refractivity contribution >= 4 is 5.69 Å². The monoisotopic (exact) mass is 435 g/mol. The Morgan fingerprint density at radius 2 is 1.62 bits per heavy atom. The topological polar surface area (TPSA) is 41.9 Å². The van der Waals surface area contributed by atoms with Crippen LogP contribution in [0.2, 0.25) is 0 Å². The van der Waals surface area contributed by atoms with Crippen LogP contribution >= 0.6 is 0 Å². The first-order valence-corrected chi connectivity index (χ1v) is 12.4. The number of aryl methyl sites for hydroxylation is 1. The maximum absolute atomic E-state index is 10.0. The fourth-order valence-corrected chi connectivity index (χ4v) is 6.89. The Labute approximate surface area is 192 Å². The van der Waals surface area contributed by atoms with E-state index in [1.807, 2.05) is 12.1 Å². The fraction of sp³-hybridized carbons (Fsp3) is 0.571. The average Bonchev–Trinajstić information content (AvgIpc) is 3.29. The maximum atomic E-state index is 10.0. The van der Waals surface area contributed by atoms with Crippen LogP contribution in [-0.2, 0) is 15.9 Å². The van der Waals surface area contributed by atoms with E-state index in [1.165, 1.54) is 54.5 Å². The SMILES string of the molecule is COC(OC)C1CCN(c2ccc([C@@H]3c4ccc(O)cc4CCC34CCCC4)cc2)CC1. The number of aromatic hydroxyl groups is 1. The first kappa shape index (κ1) is 21.8. The summed E-state index contributed by atoms with van der Waals surface area (Å²) in [6, 6.07) is 15.5. The number of benzene rings is 2. The van der Waals surface area contributed by atoms with E-state index in [0.717, 1.165) is 32.4 Å². The maximum Gasteiger partial charge on any atom is 0.159 e. The highest BCUT2D eigenvalue weighted by Gasteiger charge is 2.45. The molecule has 0 radical (unpaired) electrons. The second kappa shape index (κ2) is 9.07. The molecule has 2 aromatic carbocycles. The Morgan fingerprint density at radius 1 is 0.938 bits per heavy atom. The normalized spacial score (nSPS) is 23.1. The summed E-state index contributed by atoms with van der Waals surface area (Å²) in [4.78, 5) is 2.50. The summed E-state index contributed by atoms with van der Waals surface area (Å²) >= 11 is 0. The third-order valence-electron chi connectivity index (χ3n) is 8.52. The molecule has 32 heavy (non-hydrogen) atoms. The molecular formula is C28H37NO3. The van der Waals surface area contributed by atoms with E-state index in [9.17, 15) is 5.11 Å². The third kappa shape index (κ3) is 3.92. The molecular weight excluding hydrogens is 398 g/mol. The van der Waals surface area contributed by atoms with Crippen LogP contribution in [0.4, 0.5) is 5.69 Å². The van der Waals surface area contributed by atoms with Crippen molar-refractivity contribution in [2.75, 3.05) is 32.2 Å². The lowest BCUT2D eigenvalue weighted by atomic mass is 9.60. The molecule has 0 bridgehead atoms. The molecule has 0 unspecified atom stereocenters. The lowest BCUT2D eigenvalue weighted by Crippen LogP contribution is -2.39. The van der Waals surface area contributed by atoms with E-state index in [0.29, 0.717) is 23.0 Å². The van der Waals surface area contributed by atoms with E-state index >= 15 is 0 Å². The van der Waals surface area contributed by atoms with Crippen LogP contribution in [0, 0.1) is 11.3 Å². The van der Waals surface area contributed by atoms with Crippen LogP contribution in [0.1, 0.15) is 67.6 Å². The van der Waals surface area contributed by atoms with Crippen molar-refractivity contribution in [1.29, 1.82) is 0 Å². The van der Waals surface area contributed by atoms with Crippen LogP contribution in [0.15, 0.2) is 42.5 Å². The van der Waals surface area contributed by atoms with E-state index in [4.69, 9.17) is 9.47 Å². The molecule has 1 spiro atoms. The molecule has 1 aliphatic heterocycles. The van der Waals surface area contributed by atoms with Crippen molar-refractivity contribution in [2.24, 2.45) is 11.3 Å². The van der Waals surface area contributed by atoms with Crippen LogP contribution in [0.25, 0.3) is 0 Å². The van der Waals surface area contributed by atoms with Crippen molar-refractivity contribution in [3.63, 3.8) is 0 Å². The summed E-state index contributed by atoms with van der Waals surface area (Å²) in [6.45, 7) is 2.09. The Morgan fingerprint density at radius 3 is 2.28 bits per heavy atom. The van der Waals surface area contributed by atoms with Crippen LogP contribution in [0.3, 0.4) is 0 Å². The molecule has 1 N–H and O–H groups in total. The zero-order valence-electron chi connectivity index (χ0n) is 19.6. The summed E-state index contributed by atoms with van der Waals surface area (Å²) in [5, 5.41) is 10.0. The number of phenolic OH excluding ortho intramolecular Hbond substituents is 1. The number of nitrogens with zero attached hydrogens (tertiary/aromatic N) is 1. The zero-order valence-corrected chi connectivity index (χ0v) is 19.6. The minimum atomic E-state index is -0.0899. The first-order valence-electron chi connectivity index (χ1n) is 12.4. The molecule has 1 saturated carbocycles. The molecule has 172 valence electrons. The largest absolute Gasteiger partial charge is 0.508 e. The molecule has 3 aliphatic rings. The molecule has 1 heterocycles. The van der Waals surface area contributed by atoms with Crippen LogP contribution < -0.4 is 4.90 Å². The highest BCUT2D eigenvalue weighted by molar-refractivity contribution is 5.52. The standard InChI is InChI=1S/C28H37NO3/c1-31-27(32-2)21-12-17-29(18-13-21)23-7-5-20(6-8-23)26-25-10-9-24(30)19-22(25)11-16-28(26)14-3-4-15-28/h5-10,19,21,26-27,30H,3-4,11-18H2,1-2H3/t26-/m1/s1. The number of methoxy groups -OCH3 is 2. The van der Waals surface area contributed by atoms with Crippen molar-refractivity contribution in [3.05, 3.63) is 59.2 Å². The van der Waals surface area contributed by atoms with Gasteiger partial charge in [0.15, 0.2) is 6.29 Å². The van der Waals surface area contributed by atoms with Gasteiger partial charge in [-0.05, 0) is 84.9 Å². The Hall–Kier alpha value is -2.04. The second-order valence-electron chi connectivity index (χ2n) is 10.1. The number of rotatable bonds is 5. The third-order valence-corrected chi connectivity index (χ3v) is 8.52. The van der Waals surface area contributed by atoms with Gasteiger partial charge in [-0.3, -0.25) is 0 Å². The molecule has 0 amide bonds. The summed E-state index contributed by atoms with van der Waals surface area (Å²) < 4.78 is 11.0. The molecule has 5 rings (SSSR count). The molecule has 2 aromatic rings. The molecule has 1 atom stereocenters. The van der Waals surface area contributed by atoms with E-state index in [1.54, 1.807) is 14.2 Å². The Bertz CT molecular complexity index is 907. The van der Waals surface area contributed by atoms with Gasteiger partial charge >= 0.3 is 0 Å². The van der Waals surface area contributed by atoms with Crippen molar-refractivity contribution in [3.8, 4) is 5.75 Å². The Kier molecular flexibility index (Phi) is 6.18. The van der Waals surface area contributed by atoms with E-state index < -0.39 is 0 Å². The molecule has 1 saturated heterocycles. The lowest BCUT2D eigenvalue weighted by molar-refractivity contribution is -0.141. The van der Waals surface area contributed by atoms with E-state index in [-0.39, 0.29) is 6.29 Å². The molecule has 4 nitrogen and oxygen atoms in total. The van der Waals surface area contributed by atoms with Crippen LogP contribution in [0.5, 0.6) is 5.75 Å². The van der Waals surface area contributed by atoms with Crippen molar-refractivity contribution in [1.82, 2.24) is 0 Å². The number of hydrogen-bond donors (Lipinski definition) is 1. The molecule has 2 aliphatic carbocycles. The summed E-state index contributed by atoms with van der Waals surface area (Å²) in [5.41, 5.74) is 5.93. The predicted molar refractivity (Wildman–Crippen MR) is 128 cm³/mol. The average molecular weight is 436 g/mol. The number of fused-ring (bicyclic) bond motifs is 1. The first-order chi connectivity index (χ1) is 15.6. The summed E-state index contributed by atoms with van der Waals surface area (Å²) in [5.74, 6) is 1.31. The minimum absolute atomic E-state index is 0.0899. The van der Waals surface area contributed by atoms with Crippen LogP contribution in [-0.4, -0.2) is 38.7 Å². The molecule has 0 aromatic heterocycles. The molecule has 4 heteroatoms. The van der Waals surface area contributed by atoms with Gasteiger partial charge in [0.25, 0.3) is 0 Å². The molecule has 2 fully saturated rings. The van der Waals surface area contributed by atoms with Gasteiger partial charge in [-0.2, -0.15) is 0 Å². The van der Waals surface area contributed by atoms with Crippen molar-refractivity contribution < 1.29 is 14.6 Å². The van der Waals surface area contributed by atoms with Gasteiger partial charge in [-0.15, -0.1) is 0 Å². The van der Waals surface area contributed by atoms with Gasteiger partial charge in [-0.1, -0.05) is 31.0 Å². The van der Waals surface area contributed by atoms with E-state index in [2.05, 4.69) is 35.2 Å². The summed E-state index contributed by atoms with van der Waals surface area (Å²) in [7, 11) is 3.47. The summed E-state index contributed by atoms with van der Waals surface area (Å²) in [6.07, 6.45) is 9.78. The Balaban J connectivity index is 1.37. The van der Waals surface area contributed by atoms with Gasteiger partial charge in [0.05, 0.1) is 0 Å². The predicted octanol–water partition coefficient (Wildman–Crippen LogP) is 5.87. The quantitative estimate of drug-likeness (QED) is 0.597. The van der Waals surface area contributed by atoms with Gasteiger partial charge in [0, 0.05) is 44.8 Å². The van der Waals surface area contributed by atoms with Gasteiger partial charge < -0.3 is 19.5 Å². The highest BCUT2D eigenvalue weighted by atomic mass is 16.7. The van der Waals surface area contributed by atoms with Gasteiger partial charge in [0.1, 0.15) is 5.75 Å². The van der Waals surface area contributed by atoms with Crippen molar-refractivity contribution in [2.45, 2.75) is 63.6 Å². The number of anilines is 1. The fourth-order valence-electron chi connectivity index (χ4n) is 6.89. The number of phenols is 1. The number of ether oxygens (including phenoxy) is 2. The lowest BCUT2D eigenvalue weighted by Gasteiger charge is -2.43. The van der Waals surface area contributed by atoms with Gasteiger partial charge in [-0.25, -0.2) is 0 Å². The van der Waals surface area contributed by atoms with Gasteiger partial charge in [0.2, 0.25) is 0 Å². The number of piperidine rings is 1. The zero-order chi connectivity index (χ0) is 22.1. The number of hydrogen-bond acceptors (Lipinski definition) is 4. The second-order valence-corrected chi connectivity index (χ2v) is 10.1. The smallest absolute Gasteiger partial charge is 0.159 e. The highest BCUT2D eigenvalue weighted by Crippen LogP contribution is 2.58.